The van der Waals surface area contributed by atoms with Gasteiger partial charge in [-0.3, -0.25) is 9.36 Å². The minimum Gasteiger partial charge on any atom is -0.467 e. The number of rotatable bonds is 7. The molecule has 1 N–H and O–H groups in total. The summed E-state index contributed by atoms with van der Waals surface area (Å²) in [7, 11) is -3.75. The SMILES string of the molecule is Cc1cc(C)n(C(CNS(=O)(=O)c2c(C)nn(C(C)C)c2C)c2ccco2)n1. The van der Waals surface area contributed by atoms with Gasteiger partial charge < -0.3 is 4.42 Å². The van der Waals surface area contributed by atoms with Crippen LogP contribution in [0.25, 0.3) is 0 Å². The second-order valence-electron chi connectivity index (χ2n) is 7.29. The summed E-state index contributed by atoms with van der Waals surface area (Å²) in [5.41, 5.74) is 2.90. The number of aromatic nitrogens is 4. The first kappa shape index (κ1) is 20.3. The van der Waals surface area contributed by atoms with Gasteiger partial charge in [-0.05, 0) is 59.7 Å². The van der Waals surface area contributed by atoms with Crippen molar-refractivity contribution in [1.82, 2.24) is 24.3 Å². The van der Waals surface area contributed by atoms with Gasteiger partial charge in [0.25, 0.3) is 0 Å². The summed E-state index contributed by atoms with van der Waals surface area (Å²) >= 11 is 0. The fraction of sp³-hybridized carbons (Fsp3) is 0.474. The predicted octanol–water partition coefficient (Wildman–Crippen LogP) is 3.06. The van der Waals surface area contributed by atoms with E-state index in [1.54, 1.807) is 35.5 Å². The van der Waals surface area contributed by atoms with E-state index in [4.69, 9.17) is 4.42 Å². The summed E-state index contributed by atoms with van der Waals surface area (Å²) in [6, 6.07) is 5.24. The minimum absolute atomic E-state index is 0.0771. The summed E-state index contributed by atoms with van der Waals surface area (Å²) in [5, 5.41) is 8.90. The van der Waals surface area contributed by atoms with Crippen LogP contribution in [-0.2, 0) is 10.0 Å². The van der Waals surface area contributed by atoms with Crippen LogP contribution >= 0.6 is 0 Å². The van der Waals surface area contributed by atoms with Gasteiger partial charge in [-0.15, -0.1) is 0 Å². The number of nitrogens with zero attached hydrogens (tertiary/aromatic N) is 4. The molecule has 3 rings (SSSR count). The van der Waals surface area contributed by atoms with Gasteiger partial charge in [-0.25, -0.2) is 13.1 Å². The van der Waals surface area contributed by atoms with E-state index in [2.05, 4.69) is 14.9 Å². The van der Waals surface area contributed by atoms with Crippen LogP contribution in [0.2, 0.25) is 0 Å². The fourth-order valence-electron chi connectivity index (χ4n) is 3.55. The fourth-order valence-corrected chi connectivity index (χ4v) is 4.98. The third-order valence-electron chi connectivity index (χ3n) is 4.69. The van der Waals surface area contributed by atoms with Crippen molar-refractivity contribution in [3.63, 3.8) is 0 Å². The Morgan fingerprint density at radius 1 is 1.14 bits per heavy atom. The summed E-state index contributed by atoms with van der Waals surface area (Å²) < 4.78 is 38.0. The number of hydrogen-bond acceptors (Lipinski definition) is 5. The van der Waals surface area contributed by atoms with E-state index in [1.807, 2.05) is 39.8 Å². The molecule has 3 aromatic rings. The first-order valence-electron chi connectivity index (χ1n) is 9.23. The van der Waals surface area contributed by atoms with E-state index >= 15 is 0 Å². The second-order valence-corrected chi connectivity index (χ2v) is 9.00. The molecule has 0 saturated heterocycles. The van der Waals surface area contributed by atoms with Gasteiger partial charge in [-0.2, -0.15) is 10.2 Å². The van der Waals surface area contributed by atoms with Gasteiger partial charge in [0.2, 0.25) is 10.0 Å². The Hall–Kier alpha value is -2.39. The predicted molar refractivity (Wildman–Crippen MR) is 106 cm³/mol. The Bertz CT molecular complexity index is 1060. The molecule has 0 spiro atoms. The first-order valence-corrected chi connectivity index (χ1v) is 10.7. The summed E-state index contributed by atoms with van der Waals surface area (Å²) in [5.74, 6) is 0.639. The molecule has 0 fully saturated rings. The molecule has 9 heteroatoms. The van der Waals surface area contributed by atoms with Crippen LogP contribution in [0, 0.1) is 27.7 Å². The zero-order chi connectivity index (χ0) is 20.6. The Labute approximate surface area is 165 Å². The van der Waals surface area contributed by atoms with Gasteiger partial charge in [0, 0.05) is 18.3 Å². The molecule has 0 bridgehead atoms. The lowest BCUT2D eigenvalue weighted by Gasteiger charge is -2.18. The van der Waals surface area contributed by atoms with Crippen molar-refractivity contribution in [3.05, 3.63) is 53.0 Å². The molecule has 8 nitrogen and oxygen atoms in total. The molecule has 0 aliphatic carbocycles. The second kappa shape index (κ2) is 7.56. The third kappa shape index (κ3) is 3.77. The van der Waals surface area contributed by atoms with Gasteiger partial charge >= 0.3 is 0 Å². The Morgan fingerprint density at radius 2 is 1.86 bits per heavy atom. The summed E-state index contributed by atoms with van der Waals surface area (Å²) in [6.07, 6.45) is 1.57. The number of nitrogens with one attached hydrogen (secondary N) is 1. The van der Waals surface area contributed by atoms with Crippen molar-refractivity contribution >= 4 is 10.0 Å². The maximum Gasteiger partial charge on any atom is 0.244 e. The van der Waals surface area contributed by atoms with Gasteiger partial charge in [-0.1, -0.05) is 0 Å². The van der Waals surface area contributed by atoms with Crippen LogP contribution in [0.5, 0.6) is 0 Å². The molecule has 0 radical (unpaired) electrons. The normalized spacial score (nSPS) is 13.4. The molecular weight excluding hydrogens is 378 g/mol. The van der Waals surface area contributed by atoms with Gasteiger partial charge in [0.1, 0.15) is 16.7 Å². The molecule has 152 valence electrons. The Kier molecular flexibility index (Phi) is 5.49. The molecule has 28 heavy (non-hydrogen) atoms. The highest BCUT2D eigenvalue weighted by Crippen LogP contribution is 2.24. The number of furan rings is 1. The number of sulfonamides is 1. The summed E-state index contributed by atoms with van der Waals surface area (Å²) in [6.45, 7) is 11.4. The van der Waals surface area contributed by atoms with Gasteiger partial charge in [0.05, 0.1) is 23.3 Å². The smallest absolute Gasteiger partial charge is 0.244 e. The average molecular weight is 406 g/mol. The molecule has 0 aliphatic heterocycles. The maximum absolute atomic E-state index is 13.1. The lowest BCUT2D eigenvalue weighted by molar-refractivity contribution is 0.396. The molecule has 1 atom stereocenters. The highest BCUT2D eigenvalue weighted by molar-refractivity contribution is 7.89. The lowest BCUT2D eigenvalue weighted by Crippen LogP contribution is -2.32. The van der Waals surface area contributed by atoms with Crippen LogP contribution in [0.15, 0.2) is 33.8 Å². The Balaban J connectivity index is 1.93. The standard InChI is InChI=1S/C19H27N5O3S/c1-12(2)23-16(6)19(15(5)22-23)28(25,26)20-11-17(18-8-7-9-27-18)24-14(4)10-13(3)21-24/h7-10,12,17,20H,11H2,1-6H3. The van der Waals surface area contributed by atoms with E-state index in [-0.39, 0.29) is 23.5 Å². The van der Waals surface area contributed by atoms with Crippen molar-refractivity contribution < 1.29 is 12.8 Å². The summed E-state index contributed by atoms with van der Waals surface area (Å²) in [4.78, 5) is 0.229. The van der Waals surface area contributed by atoms with Crippen LogP contribution in [0.4, 0.5) is 0 Å². The number of hydrogen-bond donors (Lipinski definition) is 1. The minimum atomic E-state index is -3.75. The molecule has 0 amide bonds. The average Bonchev–Trinajstić information content (AvgIpc) is 3.29. The molecule has 0 aromatic carbocycles. The Morgan fingerprint density at radius 3 is 2.36 bits per heavy atom. The van der Waals surface area contributed by atoms with Crippen molar-refractivity contribution in [2.24, 2.45) is 0 Å². The van der Waals surface area contributed by atoms with Crippen molar-refractivity contribution in [2.45, 2.75) is 58.5 Å². The maximum atomic E-state index is 13.1. The van der Waals surface area contributed by atoms with Crippen LogP contribution in [0.1, 0.15) is 54.5 Å². The highest BCUT2D eigenvalue weighted by atomic mass is 32.2. The molecule has 0 saturated carbocycles. The molecular formula is C19H27N5O3S. The highest BCUT2D eigenvalue weighted by Gasteiger charge is 2.28. The number of aryl methyl sites for hydroxylation is 3. The molecule has 3 aromatic heterocycles. The molecule has 0 aliphatic rings. The van der Waals surface area contributed by atoms with E-state index in [0.717, 1.165) is 11.4 Å². The molecule has 3 heterocycles. The zero-order valence-corrected chi connectivity index (χ0v) is 17.9. The quantitative estimate of drug-likeness (QED) is 0.652. The van der Waals surface area contributed by atoms with Gasteiger partial charge in [0.15, 0.2) is 0 Å². The van der Waals surface area contributed by atoms with Crippen LogP contribution in [0.3, 0.4) is 0 Å². The lowest BCUT2D eigenvalue weighted by atomic mass is 10.2. The largest absolute Gasteiger partial charge is 0.467 e. The van der Waals surface area contributed by atoms with E-state index in [9.17, 15) is 8.42 Å². The topological polar surface area (TPSA) is 95.0 Å². The van der Waals surface area contributed by atoms with Crippen LogP contribution < -0.4 is 4.72 Å². The van der Waals surface area contributed by atoms with E-state index in [0.29, 0.717) is 17.1 Å². The zero-order valence-electron chi connectivity index (χ0n) is 17.1. The van der Waals surface area contributed by atoms with E-state index < -0.39 is 10.0 Å². The van der Waals surface area contributed by atoms with Crippen LogP contribution in [-0.4, -0.2) is 34.5 Å². The van der Waals surface area contributed by atoms with E-state index in [1.165, 1.54) is 0 Å². The van der Waals surface area contributed by atoms with Crippen molar-refractivity contribution in [2.75, 3.05) is 6.54 Å². The van der Waals surface area contributed by atoms with Crippen molar-refractivity contribution in [1.29, 1.82) is 0 Å². The monoisotopic (exact) mass is 405 g/mol. The van der Waals surface area contributed by atoms with Crippen molar-refractivity contribution in [3.8, 4) is 0 Å². The third-order valence-corrected chi connectivity index (χ3v) is 6.37. The molecule has 1 unspecified atom stereocenters. The first-order chi connectivity index (χ1) is 13.1.